The standard InChI is InChI=1S/C10H14F2N2S/c1-7-14-6-8(15-7)9(13)2-4-10(11,12)5-3-9/h6H,2-5,13H2,1H3. The van der Waals surface area contributed by atoms with Crippen molar-refractivity contribution in [3.8, 4) is 0 Å². The molecule has 2 nitrogen and oxygen atoms in total. The Labute approximate surface area is 91.5 Å². The first-order valence-corrected chi connectivity index (χ1v) is 5.83. The van der Waals surface area contributed by atoms with Crippen LogP contribution in [0.1, 0.15) is 35.6 Å². The lowest BCUT2D eigenvalue weighted by Gasteiger charge is -2.36. The molecule has 1 aromatic rings. The minimum Gasteiger partial charge on any atom is -0.321 e. The van der Waals surface area contributed by atoms with E-state index in [4.69, 9.17) is 5.73 Å². The number of halogens is 2. The molecule has 84 valence electrons. The number of nitrogens with zero attached hydrogens (tertiary/aromatic N) is 1. The SMILES string of the molecule is Cc1ncc(C2(N)CCC(F)(F)CC2)s1. The predicted molar refractivity (Wildman–Crippen MR) is 56.1 cm³/mol. The molecule has 2 N–H and O–H groups in total. The van der Waals surface area contributed by atoms with Gasteiger partial charge in [-0.3, -0.25) is 0 Å². The van der Waals surface area contributed by atoms with Crippen molar-refractivity contribution in [3.05, 3.63) is 16.1 Å². The van der Waals surface area contributed by atoms with Gasteiger partial charge in [-0.2, -0.15) is 0 Å². The molecule has 15 heavy (non-hydrogen) atoms. The lowest BCUT2D eigenvalue weighted by Crippen LogP contribution is -2.42. The zero-order valence-electron chi connectivity index (χ0n) is 8.59. The maximum atomic E-state index is 13.0. The Hall–Kier alpha value is -0.550. The maximum absolute atomic E-state index is 13.0. The first-order valence-electron chi connectivity index (χ1n) is 5.01. The summed E-state index contributed by atoms with van der Waals surface area (Å²) in [7, 11) is 0. The van der Waals surface area contributed by atoms with Crippen LogP contribution in [0.5, 0.6) is 0 Å². The lowest BCUT2D eigenvalue weighted by atomic mass is 9.80. The van der Waals surface area contributed by atoms with Gasteiger partial charge in [0.15, 0.2) is 0 Å². The highest BCUT2D eigenvalue weighted by atomic mass is 32.1. The lowest BCUT2D eigenvalue weighted by molar-refractivity contribution is -0.0509. The zero-order chi connectivity index (χ0) is 11.1. The van der Waals surface area contributed by atoms with Gasteiger partial charge in [-0.05, 0) is 19.8 Å². The average molecular weight is 232 g/mol. The van der Waals surface area contributed by atoms with E-state index in [0.717, 1.165) is 9.88 Å². The summed E-state index contributed by atoms with van der Waals surface area (Å²) in [6.07, 6.45) is 2.20. The highest BCUT2D eigenvalue weighted by Gasteiger charge is 2.42. The van der Waals surface area contributed by atoms with Gasteiger partial charge in [0.25, 0.3) is 0 Å². The molecule has 0 atom stereocenters. The molecular weight excluding hydrogens is 218 g/mol. The van der Waals surface area contributed by atoms with Crippen molar-refractivity contribution in [2.75, 3.05) is 0 Å². The molecule has 0 unspecified atom stereocenters. The van der Waals surface area contributed by atoms with Gasteiger partial charge in [-0.15, -0.1) is 11.3 Å². The summed E-state index contributed by atoms with van der Waals surface area (Å²) in [4.78, 5) is 5.06. The summed E-state index contributed by atoms with van der Waals surface area (Å²) in [6, 6.07) is 0. The van der Waals surface area contributed by atoms with Crippen molar-refractivity contribution < 1.29 is 8.78 Å². The summed E-state index contributed by atoms with van der Waals surface area (Å²) in [5.74, 6) is -2.53. The largest absolute Gasteiger partial charge is 0.321 e. The van der Waals surface area contributed by atoms with Crippen LogP contribution >= 0.6 is 11.3 Å². The van der Waals surface area contributed by atoms with Crippen LogP contribution in [-0.2, 0) is 5.54 Å². The molecule has 0 radical (unpaired) electrons. The third-order valence-electron chi connectivity index (χ3n) is 2.99. The quantitative estimate of drug-likeness (QED) is 0.808. The second-order valence-corrected chi connectivity index (χ2v) is 5.49. The molecule has 0 spiro atoms. The number of aromatic nitrogens is 1. The minimum absolute atomic E-state index is 0.111. The van der Waals surface area contributed by atoms with Crippen LogP contribution < -0.4 is 5.73 Å². The van der Waals surface area contributed by atoms with E-state index in [-0.39, 0.29) is 12.8 Å². The van der Waals surface area contributed by atoms with Crippen LogP contribution in [0, 0.1) is 6.92 Å². The fourth-order valence-corrected chi connectivity index (χ4v) is 2.84. The van der Waals surface area contributed by atoms with E-state index in [0.29, 0.717) is 12.8 Å². The molecule has 1 fully saturated rings. The van der Waals surface area contributed by atoms with E-state index in [2.05, 4.69) is 4.98 Å². The van der Waals surface area contributed by atoms with Gasteiger partial charge >= 0.3 is 0 Å². The van der Waals surface area contributed by atoms with E-state index in [9.17, 15) is 8.78 Å². The monoisotopic (exact) mass is 232 g/mol. The number of aryl methyl sites for hydroxylation is 1. The molecular formula is C10H14F2N2S. The van der Waals surface area contributed by atoms with Gasteiger partial charge in [0.1, 0.15) is 0 Å². The maximum Gasteiger partial charge on any atom is 0.248 e. The van der Waals surface area contributed by atoms with E-state index in [1.807, 2.05) is 6.92 Å². The van der Waals surface area contributed by atoms with Gasteiger partial charge in [-0.1, -0.05) is 0 Å². The molecule has 1 aliphatic carbocycles. The molecule has 5 heteroatoms. The third kappa shape index (κ3) is 2.18. The van der Waals surface area contributed by atoms with Gasteiger partial charge in [0, 0.05) is 23.9 Å². The molecule has 0 aromatic carbocycles. The van der Waals surface area contributed by atoms with E-state index in [1.165, 1.54) is 11.3 Å². The molecule has 1 aromatic heterocycles. The Morgan fingerprint density at radius 2 is 1.93 bits per heavy atom. The molecule has 1 saturated carbocycles. The Bertz CT molecular complexity index is 352. The highest BCUT2D eigenvalue weighted by Crippen LogP contribution is 2.43. The van der Waals surface area contributed by atoms with Crippen LogP contribution in [-0.4, -0.2) is 10.9 Å². The normalized spacial score (nSPS) is 24.0. The topological polar surface area (TPSA) is 38.9 Å². The molecule has 0 aliphatic heterocycles. The Morgan fingerprint density at radius 1 is 1.33 bits per heavy atom. The number of nitrogens with two attached hydrogens (primary N) is 1. The van der Waals surface area contributed by atoms with Crippen LogP contribution in [0.15, 0.2) is 6.20 Å². The molecule has 1 aliphatic rings. The van der Waals surface area contributed by atoms with Crippen molar-refractivity contribution >= 4 is 11.3 Å². The Balaban J connectivity index is 2.16. The van der Waals surface area contributed by atoms with E-state index >= 15 is 0 Å². The predicted octanol–water partition coefficient (Wildman–Crippen LogP) is 2.81. The van der Waals surface area contributed by atoms with Crippen molar-refractivity contribution in [2.24, 2.45) is 5.73 Å². The fraction of sp³-hybridized carbons (Fsp3) is 0.700. The first kappa shape index (κ1) is 11.0. The van der Waals surface area contributed by atoms with Crippen molar-refractivity contribution in [1.82, 2.24) is 4.98 Å². The van der Waals surface area contributed by atoms with E-state index < -0.39 is 11.5 Å². The summed E-state index contributed by atoms with van der Waals surface area (Å²) < 4.78 is 26.0. The molecule has 0 bridgehead atoms. The summed E-state index contributed by atoms with van der Waals surface area (Å²) in [6.45, 7) is 1.90. The average Bonchev–Trinajstić information content (AvgIpc) is 2.59. The van der Waals surface area contributed by atoms with Crippen molar-refractivity contribution in [2.45, 2.75) is 44.1 Å². The summed E-state index contributed by atoms with van der Waals surface area (Å²) >= 11 is 1.51. The zero-order valence-corrected chi connectivity index (χ0v) is 9.41. The second kappa shape index (κ2) is 3.49. The van der Waals surface area contributed by atoms with Crippen LogP contribution in [0.25, 0.3) is 0 Å². The third-order valence-corrected chi connectivity index (χ3v) is 4.12. The number of alkyl halides is 2. The molecule has 0 amide bonds. The van der Waals surface area contributed by atoms with Gasteiger partial charge in [0.2, 0.25) is 5.92 Å². The van der Waals surface area contributed by atoms with E-state index in [1.54, 1.807) is 6.20 Å². The van der Waals surface area contributed by atoms with Gasteiger partial charge < -0.3 is 5.73 Å². The fourth-order valence-electron chi connectivity index (χ4n) is 1.90. The van der Waals surface area contributed by atoms with Crippen molar-refractivity contribution in [3.63, 3.8) is 0 Å². The first-order chi connectivity index (χ1) is 6.91. The molecule has 1 heterocycles. The number of thiazole rings is 1. The van der Waals surface area contributed by atoms with Crippen molar-refractivity contribution in [1.29, 1.82) is 0 Å². The highest BCUT2D eigenvalue weighted by molar-refractivity contribution is 7.11. The Morgan fingerprint density at radius 3 is 2.40 bits per heavy atom. The summed E-state index contributed by atoms with van der Waals surface area (Å²) in [5, 5.41) is 0.937. The smallest absolute Gasteiger partial charge is 0.248 e. The molecule has 0 saturated heterocycles. The van der Waals surface area contributed by atoms with Gasteiger partial charge in [-0.25, -0.2) is 13.8 Å². The number of rotatable bonds is 1. The van der Waals surface area contributed by atoms with Gasteiger partial charge in [0.05, 0.1) is 10.5 Å². The Kier molecular flexibility index (Phi) is 2.55. The number of hydrogen-bond donors (Lipinski definition) is 1. The number of hydrogen-bond acceptors (Lipinski definition) is 3. The van der Waals surface area contributed by atoms with Crippen LogP contribution in [0.3, 0.4) is 0 Å². The molecule has 2 rings (SSSR count). The summed E-state index contributed by atoms with van der Waals surface area (Å²) in [5.41, 5.74) is 5.58. The second-order valence-electron chi connectivity index (χ2n) is 4.26. The minimum atomic E-state index is -2.53. The van der Waals surface area contributed by atoms with Crippen LogP contribution in [0.4, 0.5) is 8.78 Å². The van der Waals surface area contributed by atoms with Crippen LogP contribution in [0.2, 0.25) is 0 Å².